The molecule has 1 spiro atoms. The van der Waals surface area contributed by atoms with Gasteiger partial charge in [-0.3, -0.25) is 24.7 Å². The highest BCUT2D eigenvalue weighted by atomic mass is 32.2. The van der Waals surface area contributed by atoms with E-state index in [1.165, 1.54) is 23.3 Å². The SMILES string of the molecule is Cc1ccccc1[C@@H]1CN(Cc2cnc3c(c2)OCC(C)(C)O3)CCN1C1CC2(CCN(c3ccc(C(=O)NS(=O)(=O)c4ccc(NCC5CCC(C)(O)CC5)c([N+](=O)[O-])c4)c(N4c5cc6cc[nH]c6nc5O[C@H]5COCC[C@@H]54)c3)CC2)C1. The summed E-state index contributed by atoms with van der Waals surface area (Å²) in [5, 5.41) is 26.9. The lowest BCUT2D eigenvalue weighted by Crippen LogP contribution is -2.59. The van der Waals surface area contributed by atoms with Crippen molar-refractivity contribution >= 4 is 55.4 Å². The van der Waals surface area contributed by atoms with E-state index >= 15 is 0 Å². The Morgan fingerprint density at radius 3 is 2.53 bits per heavy atom. The van der Waals surface area contributed by atoms with Gasteiger partial charge in [0.05, 0.1) is 39.3 Å². The fraction of sp³-hybridized carbons (Fsp3) is 0.500. The van der Waals surface area contributed by atoms with Gasteiger partial charge in [0.2, 0.25) is 5.88 Å². The number of ether oxygens (including phenoxy) is 4. The molecule has 83 heavy (non-hydrogen) atoms. The van der Waals surface area contributed by atoms with Crippen LogP contribution in [0.2, 0.25) is 0 Å². The van der Waals surface area contributed by atoms with E-state index in [9.17, 15) is 28.4 Å². The zero-order chi connectivity index (χ0) is 57.4. The molecule has 20 nitrogen and oxygen atoms in total. The number of fused-ring (bicyclic) bond motifs is 4. The predicted molar refractivity (Wildman–Crippen MR) is 314 cm³/mol. The number of carbonyl (C=O) groups is 1. The van der Waals surface area contributed by atoms with Crippen LogP contribution in [0.25, 0.3) is 11.0 Å². The molecule has 0 radical (unpaired) electrons. The molecule has 8 heterocycles. The Balaban J connectivity index is 0.741. The highest BCUT2D eigenvalue weighted by Gasteiger charge is 2.50. The Kier molecular flexibility index (Phi) is 14.3. The molecule has 7 aliphatic rings. The second-order valence-electron chi connectivity index (χ2n) is 25.3. The first-order valence-corrected chi connectivity index (χ1v) is 30.9. The molecule has 6 aromatic rings. The summed E-state index contributed by atoms with van der Waals surface area (Å²) in [4.78, 5) is 48.7. The Bertz CT molecular complexity index is 3570. The molecule has 3 aromatic carbocycles. The van der Waals surface area contributed by atoms with Crippen molar-refractivity contribution in [2.75, 3.05) is 74.2 Å². The number of aromatic amines is 1. The van der Waals surface area contributed by atoms with Crippen molar-refractivity contribution in [2.45, 2.75) is 132 Å². The lowest BCUT2D eigenvalue weighted by molar-refractivity contribution is -0.384. The molecule has 3 atom stereocenters. The summed E-state index contributed by atoms with van der Waals surface area (Å²) in [6.45, 7) is 14.9. The third kappa shape index (κ3) is 11.1. The molecule has 5 fully saturated rings. The molecule has 1 amide bonds. The van der Waals surface area contributed by atoms with E-state index in [0.717, 1.165) is 100 Å². The maximum Gasteiger partial charge on any atom is 0.293 e. The van der Waals surface area contributed by atoms with Gasteiger partial charge in [-0.2, -0.15) is 4.98 Å². The number of carbonyl (C=O) groups excluding carboxylic acids is 1. The molecular formula is C62H74N10O10S. The number of aromatic nitrogens is 3. The summed E-state index contributed by atoms with van der Waals surface area (Å²) in [6, 6.07) is 24.4. The number of amides is 1. The third-order valence-corrected chi connectivity index (χ3v) is 20.2. The van der Waals surface area contributed by atoms with Crippen LogP contribution in [0.15, 0.2) is 96.2 Å². The number of hydrogen-bond acceptors (Lipinski definition) is 17. The minimum absolute atomic E-state index is 0.106. The minimum atomic E-state index is -4.64. The van der Waals surface area contributed by atoms with Crippen LogP contribution in [-0.2, 0) is 21.3 Å². The molecule has 3 aromatic heterocycles. The zero-order valence-electron chi connectivity index (χ0n) is 47.6. The number of aliphatic hydroxyl groups is 1. The number of nitro groups is 1. The number of hydrogen-bond donors (Lipinski definition) is 4. The van der Waals surface area contributed by atoms with Crippen LogP contribution in [0, 0.1) is 28.4 Å². The van der Waals surface area contributed by atoms with Crippen molar-refractivity contribution in [3.05, 3.63) is 124 Å². The summed E-state index contributed by atoms with van der Waals surface area (Å²) in [5.41, 5.74) is 5.37. The average Bonchev–Trinajstić information content (AvgIpc) is 3.42. The van der Waals surface area contributed by atoms with Gasteiger partial charge in [0.1, 0.15) is 35.3 Å². The maximum atomic E-state index is 14.8. The predicted octanol–water partition coefficient (Wildman–Crippen LogP) is 9.19. The molecule has 13 rings (SSSR count). The van der Waals surface area contributed by atoms with Gasteiger partial charge in [0.15, 0.2) is 5.75 Å². The highest BCUT2D eigenvalue weighted by Crippen LogP contribution is 2.54. The molecular weight excluding hydrogens is 1080 g/mol. The smallest absolute Gasteiger partial charge is 0.293 e. The molecule has 5 aliphatic heterocycles. The van der Waals surface area contributed by atoms with E-state index in [1.807, 2.05) is 57.4 Å². The van der Waals surface area contributed by atoms with E-state index in [-0.39, 0.29) is 34.7 Å². The van der Waals surface area contributed by atoms with Crippen LogP contribution in [0.1, 0.15) is 112 Å². The average molecular weight is 1150 g/mol. The van der Waals surface area contributed by atoms with Gasteiger partial charge < -0.3 is 44.2 Å². The number of aryl methyl sites for hydroxylation is 1. The Hall–Kier alpha value is -7.04. The van der Waals surface area contributed by atoms with Crippen molar-refractivity contribution in [3.63, 3.8) is 0 Å². The molecule has 0 bridgehead atoms. The van der Waals surface area contributed by atoms with Crippen LogP contribution < -0.4 is 34.0 Å². The molecule has 2 saturated carbocycles. The second-order valence-corrected chi connectivity index (χ2v) is 27.0. The summed E-state index contributed by atoms with van der Waals surface area (Å²) in [6.07, 6.45) is 10.9. The largest absolute Gasteiger partial charge is 0.484 e. The lowest BCUT2D eigenvalue weighted by atomic mass is 9.59. The number of rotatable bonds is 13. The fourth-order valence-electron chi connectivity index (χ4n) is 14.1. The first-order valence-electron chi connectivity index (χ1n) is 29.4. The maximum absolute atomic E-state index is 14.8. The lowest BCUT2D eigenvalue weighted by Gasteiger charge is -2.58. The van der Waals surface area contributed by atoms with Crippen molar-refractivity contribution < 1.29 is 42.2 Å². The van der Waals surface area contributed by atoms with Crippen LogP contribution in [0.4, 0.5) is 28.4 Å². The Labute approximate surface area is 484 Å². The number of anilines is 4. The minimum Gasteiger partial charge on any atom is -0.484 e. The first-order chi connectivity index (χ1) is 39.9. The quantitative estimate of drug-likeness (QED) is 0.0624. The third-order valence-electron chi connectivity index (χ3n) is 18.8. The number of piperazine rings is 1. The molecule has 438 valence electrons. The number of pyridine rings is 2. The van der Waals surface area contributed by atoms with Gasteiger partial charge in [-0.15, -0.1) is 0 Å². The van der Waals surface area contributed by atoms with E-state index in [0.29, 0.717) is 86.2 Å². The zero-order valence-corrected chi connectivity index (χ0v) is 48.5. The van der Waals surface area contributed by atoms with E-state index < -0.39 is 48.7 Å². The second kappa shape index (κ2) is 21.5. The highest BCUT2D eigenvalue weighted by molar-refractivity contribution is 7.90. The molecule has 2 aliphatic carbocycles. The van der Waals surface area contributed by atoms with Crippen molar-refractivity contribution in [1.82, 2.24) is 29.5 Å². The number of nitrogens with one attached hydrogen (secondary N) is 3. The number of benzene rings is 3. The number of nitrogens with zero attached hydrogens (tertiary/aromatic N) is 7. The summed E-state index contributed by atoms with van der Waals surface area (Å²) in [7, 11) is -4.64. The van der Waals surface area contributed by atoms with E-state index in [1.54, 1.807) is 6.07 Å². The van der Waals surface area contributed by atoms with Crippen LogP contribution in [0.3, 0.4) is 0 Å². The van der Waals surface area contributed by atoms with Gasteiger partial charge in [0.25, 0.3) is 27.5 Å². The normalized spacial score (nSPS) is 25.2. The first kappa shape index (κ1) is 55.2. The van der Waals surface area contributed by atoms with Crippen molar-refractivity contribution in [2.24, 2.45) is 11.3 Å². The number of H-pyrrole nitrogens is 1. The van der Waals surface area contributed by atoms with E-state index in [4.69, 9.17) is 23.9 Å². The standard InChI is InChI=1S/C62H74N10O10S/c1-39-7-5-6-8-46(39)53-36-68(35-41-27-54-59(65-34-41)82-60(2,3)38-80-54)24-25-70(53)44-31-62(32-44)19-22-69(23-20-62)43-9-11-47(50(29-43)71-49-16-26-79-37-55(49)81-58-52(71)28-42-15-21-63-56(42)66-58)57(73)67-83(77,78)45-10-12-48(51(30-45)72(75)76)64-33-40-13-17-61(4,74)18-14-40/h5-12,15,21,27-30,34,40,44,49,53,55,64,74H,13-14,16-20,22-26,31-33,35-38H2,1-4H3,(H,63,66)(H,67,73)/t40?,49-,53-,55-,61?/m0/s1. The van der Waals surface area contributed by atoms with E-state index in [2.05, 4.69) is 76.9 Å². The fourth-order valence-corrected chi connectivity index (χ4v) is 15.1. The monoisotopic (exact) mass is 1150 g/mol. The van der Waals surface area contributed by atoms with Gasteiger partial charge >= 0.3 is 0 Å². The topological polar surface area (TPSA) is 230 Å². The summed E-state index contributed by atoms with van der Waals surface area (Å²) in [5.74, 6) is 0.918. The molecule has 21 heteroatoms. The molecule has 3 saturated heterocycles. The number of nitro benzene ring substituents is 1. The van der Waals surface area contributed by atoms with Gasteiger partial charge in [-0.1, -0.05) is 24.3 Å². The van der Waals surface area contributed by atoms with Gasteiger partial charge in [0, 0.05) is 94.0 Å². The van der Waals surface area contributed by atoms with Gasteiger partial charge in [-0.25, -0.2) is 18.1 Å². The number of piperidine rings is 1. The van der Waals surface area contributed by atoms with Crippen molar-refractivity contribution in [3.8, 4) is 17.5 Å². The van der Waals surface area contributed by atoms with Crippen LogP contribution in [0.5, 0.6) is 17.5 Å². The van der Waals surface area contributed by atoms with Crippen LogP contribution in [-0.4, -0.2) is 138 Å². The Morgan fingerprint density at radius 1 is 0.928 bits per heavy atom. The van der Waals surface area contributed by atoms with Gasteiger partial charge in [-0.05, 0) is 162 Å². The van der Waals surface area contributed by atoms with Crippen LogP contribution >= 0.6 is 0 Å². The summed E-state index contributed by atoms with van der Waals surface area (Å²) < 4.78 is 55.5. The summed E-state index contributed by atoms with van der Waals surface area (Å²) >= 11 is 0. The number of sulfonamides is 1. The molecule has 4 N–H and O–H groups in total. The van der Waals surface area contributed by atoms with Crippen molar-refractivity contribution in [1.29, 1.82) is 0 Å². The molecule has 0 unspecified atom stereocenters. The Morgan fingerprint density at radius 2 is 1.73 bits per heavy atom.